The molecule has 1 aromatic rings. The number of benzene rings is 1. The van der Waals surface area contributed by atoms with E-state index in [1.54, 1.807) is 4.90 Å². The first kappa shape index (κ1) is 19.2. The first-order valence-corrected chi connectivity index (χ1v) is 9.40. The first-order chi connectivity index (χ1) is 12.0. The van der Waals surface area contributed by atoms with Gasteiger partial charge in [0.1, 0.15) is 5.60 Å². The zero-order chi connectivity index (χ0) is 19.3. The molecule has 144 valence electrons. The summed E-state index contributed by atoms with van der Waals surface area (Å²) in [6.07, 6.45) is 0.622. The van der Waals surface area contributed by atoms with Gasteiger partial charge in [-0.05, 0) is 58.2 Å². The van der Waals surface area contributed by atoms with Crippen LogP contribution in [-0.4, -0.2) is 47.0 Å². The summed E-state index contributed by atoms with van der Waals surface area (Å²) < 4.78 is 11.3. The standard InChI is InChI=1S/C21H31NO4/c1-13-7-14(2)18(15(3)8-13)21(24)9-16-11-25-12-17(10-21)22(16)19(23)26-20(4,5)6/h7-8,16-17,24H,9-12H2,1-6H3. The van der Waals surface area contributed by atoms with Crippen molar-refractivity contribution < 1.29 is 19.4 Å². The van der Waals surface area contributed by atoms with E-state index < -0.39 is 11.2 Å². The fourth-order valence-corrected chi connectivity index (χ4v) is 4.71. The molecule has 1 N–H and O–H groups in total. The van der Waals surface area contributed by atoms with E-state index in [9.17, 15) is 9.90 Å². The Kier molecular flexibility index (Phi) is 4.82. The minimum absolute atomic E-state index is 0.178. The summed E-state index contributed by atoms with van der Waals surface area (Å²) in [5.41, 5.74) is 2.93. The van der Waals surface area contributed by atoms with E-state index in [0.29, 0.717) is 26.1 Å². The van der Waals surface area contributed by atoms with Crippen LogP contribution in [0.25, 0.3) is 0 Å². The third kappa shape index (κ3) is 3.60. The lowest BCUT2D eigenvalue weighted by Gasteiger charge is -2.52. The van der Waals surface area contributed by atoms with Crippen LogP contribution < -0.4 is 0 Å². The van der Waals surface area contributed by atoms with Crippen LogP contribution in [0, 0.1) is 20.8 Å². The van der Waals surface area contributed by atoms with Gasteiger partial charge >= 0.3 is 6.09 Å². The van der Waals surface area contributed by atoms with Crippen LogP contribution in [0.3, 0.4) is 0 Å². The molecule has 0 aromatic heterocycles. The molecular formula is C21H31NO4. The van der Waals surface area contributed by atoms with Crippen molar-refractivity contribution in [3.8, 4) is 0 Å². The van der Waals surface area contributed by atoms with Gasteiger partial charge in [-0.25, -0.2) is 4.79 Å². The minimum atomic E-state index is -0.945. The van der Waals surface area contributed by atoms with E-state index in [0.717, 1.165) is 16.7 Å². The Bertz CT molecular complexity index is 669. The first-order valence-electron chi connectivity index (χ1n) is 9.40. The Morgan fingerprint density at radius 3 is 2.12 bits per heavy atom. The third-order valence-electron chi connectivity index (χ3n) is 5.30. The van der Waals surface area contributed by atoms with Crippen molar-refractivity contribution >= 4 is 6.09 Å². The molecule has 2 atom stereocenters. The number of hydrogen-bond acceptors (Lipinski definition) is 4. The van der Waals surface area contributed by atoms with Crippen molar-refractivity contribution in [3.05, 3.63) is 34.4 Å². The highest BCUT2D eigenvalue weighted by molar-refractivity contribution is 5.69. The van der Waals surface area contributed by atoms with Crippen molar-refractivity contribution in [2.45, 2.75) is 77.7 Å². The Balaban J connectivity index is 1.91. The summed E-state index contributed by atoms with van der Waals surface area (Å²) in [6.45, 7) is 12.7. The lowest BCUT2D eigenvalue weighted by Crippen LogP contribution is -2.63. The summed E-state index contributed by atoms with van der Waals surface area (Å²) in [5.74, 6) is 0. The van der Waals surface area contributed by atoms with Crippen molar-refractivity contribution in [3.63, 3.8) is 0 Å². The molecule has 0 spiro atoms. The fraction of sp³-hybridized carbons (Fsp3) is 0.667. The third-order valence-corrected chi connectivity index (χ3v) is 5.30. The summed E-state index contributed by atoms with van der Waals surface area (Å²) in [6, 6.07) is 3.88. The summed E-state index contributed by atoms with van der Waals surface area (Å²) in [4.78, 5) is 14.5. The van der Waals surface area contributed by atoms with Crippen LogP contribution in [0.15, 0.2) is 12.1 Å². The minimum Gasteiger partial charge on any atom is -0.444 e. The number of nitrogens with zero attached hydrogens (tertiary/aromatic N) is 1. The molecule has 1 aromatic carbocycles. The van der Waals surface area contributed by atoms with Gasteiger partial charge in [0.15, 0.2) is 0 Å². The quantitative estimate of drug-likeness (QED) is 0.830. The van der Waals surface area contributed by atoms with Crippen LogP contribution in [0.1, 0.15) is 55.9 Å². The average molecular weight is 361 g/mol. The van der Waals surface area contributed by atoms with E-state index in [1.807, 2.05) is 20.8 Å². The van der Waals surface area contributed by atoms with Gasteiger partial charge in [0.05, 0.1) is 30.9 Å². The molecule has 2 aliphatic heterocycles. The van der Waals surface area contributed by atoms with E-state index in [-0.39, 0.29) is 18.2 Å². The zero-order valence-corrected chi connectivity index (χ0v) is 16.8. The number of morpholine rings is 1. The Hall–Kier alpha value is -1.59. The van der Waals surface area contributed by atoms with E-state index in [1.165, 1.54) is 5.56 Å². The molecule has 5 heteroatoms. The summed E-state index contributed by atoms with van der Waals surface area (Å²) in [5, 5.41) is 11.6. The highest BCUT2D eigenvalue weighted by atomic mass is 16.6. The van der Waals surface area contributed by atoms with Crippen molar-refractivity contribution in [1.29, 1.82) is 0 Å². The van der Waals surface area contributed by atoms with E-state index in [2.05, 4.69) is 32.9 Å². The van der Waals surface area contributed by atoms with Crippen molar-refractivity contribution in [2.75, 3.05) is 13.2 Å². The molecule has 1 amide bonds. The smallest absolute Gasteiger partial charge is 0.410 e. The molecule has 2 saturated heterocycles. The van der Waals surface area contributed by atoms with E-state index >= 15 is 0 Å². The average Bonchev–Trinajstić information content (AvgIpc) is 2.42. The van der Waals surface area contributed by atoms with Gasteiger partial charge in [0, 0.05) is 12.8 Å². The van der Waals surface area contributed by atoms with Crippen LogP contribution in [0.5, 0.6) is 0 Å². The Labute approximate surface area is 156 Å². The fourth-order valence-electron chi connectivity index (χ4n) is 4.71. The van der Waals surface area contributed by atoms with Gasteiger partial charge in [0.25, 0.3) is 0 Å². The molecule has 2 fully saturated rings. The number of carbonyl (C=O) groups is 1. The number of aliphatic hydroxyl groups is 1. The second-order valence-electron chi connectivity index (χ2n) is 8.95. The predicted molar refractivity (Wildman–Crippen MR) is 100 cm³/mol. The van der Waals surface area contributed by atoms with Gasteiger partial charge in [-0.2, -0.15) is 0 Å². The Morgan fingerprint density at radius 1 is 1.15 bits per heavy atom. The number of amides is 1. The monoisotopic (exact) mass is 361 g/mol. The maximum Gasteiger partial charge on any atom is 0.410 e. The number of piperidine rings is 1. The number of rotatable bonds is 1. The number of aryl methyl sites for hydroxylation is 3. The molecule has 3 rings (SSSR count). The van der Waals surface area contributed by atoms with Crippen LogP contribution >= 0.6 is 0 Å². The maximum absolute atomic E-state index is 12.7. The number of hydrogen-bond donors (Lipinski definition) is 1. The van der Waals surface area contributed by atoms with Crippen molar-refractivity contribution in [2.24, 2.45) is 0 Å². The molecule has 2 heterocycles. The molecule has 0 saturated carbocycles. The lowest BCUT2D eigenvalue weighted by atomic mass is 9.74. The second-order valence-corrected chi connectivity index (χ2v) is 8.95. The molecule has 2 unspecified atom stereocenters. The predicted octanol–water partition coefficient (Wildman–Crippen LogP) is 3.60. The van der Waals surface area contributed by atoms with Crippen molar-refractivity contribution in [1.82, 2.24) is 4.90 Å². The molecule has 0 radical (unpaired) electrons. The molecule has 2 bridgehead atoms. The maximum atomic E-state index is 12.7. The Morgan fingerprint density at radius 2 is 1.65 bits per heavy atom. The molecule has 5 nitrogen and oxygen atoms in total. The molecule has 2 aliphatic rings. The summed E-state index contributed by atoms with van der Waals surface area (Å²) in [7, 11) is 0. The van der Waals surface area contributed by atoms with E-state index in [4.69, 9.17) is 9.47 Å². The SMILES string of the molecule is Cc1cc(C)c(C2(O)CC3COCC(C2)N3C(=O)OC(C)(C)C)c(C)c1. The zero-order valence-electron chi connectivity index (χ0n) is 16.8. The largest absolute Gasteiger partial charge is 0.444 e. The molecule has 26 heavy (non-hydrogen) atoms. The number of ether oxygens (including phenoxy) is 2. The van der Waals surface area contributed by atoms with Crippen LogP contribution in [0.4, 0.5) is 4.79 Å². The van der Waals surface area contributed by atoms with Gasteiger partial charge < -0.3 is 14.6 Å². The van der Waals surface area contributed by atoms with Gasteiger partial charge in [-0.15, -0.1) is 0 Å². The molecular weight excluding hydrogens is 330 g/mol. The lowest BCUT2D eigenvalue weighted by molar-refractivity contribution is -0.141. The highest BCUT2D eigenvalue weighted by Gasteiger charge is 2.50. The van der Waals surface area contributed by atoms with Gasteiger partial charge in [-0.3, -0.25) is 4.90 Å². The van der Waals surface area contributed by atoms with Gasteiger partial charge in [-0.1, -0.05) is 17.7 Å². The normalized spacial score (nSPS) is 28.8. The molecule has 0 aliphatic carbocycles. The topological polar surface area (TPSA) is 59.0 Å². The summed E-state index contributed by atoms with van der Waals surface area (Å²) >= 11 is 0. The van der Waals surface area contributed by atoms with Crippen LogP contribution in [-0.2, 0) is 15.1 Å². The van der Waals surface area contributed by atoms with Gasteiger partial charge in [0.2, 0.25) is 0 Å². The highest BCUT2D eigenvalue weighted by Crippen LogP contribution is 2.43. The second kappa shape index (κ2) is 6.54. The number of carbonyl (C=O) groups excluding carboxylic acids is 1. The number of fused-ring (bicyclic) bond motifs is 2. The van der Waals surface area contributed by atoms with Crippen LogP contribution in [0.2, 0.25) is 0 Å².